The zero-order valence-corrected chi connectivity index (χ0v) is 25.3. The molecule has 0 atom stereocenters. The third-order valence-corrected chi connectivity index (χ3v) is 8.68. The Morgan fingerprint density at radius 2 is 0.898 bits per heavy atom. The minimum absolute atomic E-state index is 0.00599. The van der Waals surface area contributed by atoms with Gasteiger partial charge in [0, 0.05) is 10.8 Å². The monoisotopic (exact) mass is 641 g/mol. The first-order chi connectivity index (χ1) is 32.2. The molecule has 0 aliphatic carbocycles. The largest absolute Gasteiger partial charge is 0.456 e. The van der Waals surface area contributed by atoms with Gasteiger partial charge in [-0.1, -0.05) is 145 Å². The van der Waals surface area contributed by atoms with Crippen LogP contribution in [0.4, 0.5) is 0 Å². The number of fused-ring (bicyclic) bond motifs is 6. The standard InChI is InChI=1S/C48H30O/c1-3-14-31(15-4-1)35-26-36(32-16-5-2-6-17-32)28-37(27-35)46-38-20-9-11-22-40(38)47(41-23-12-10-21-39(41)46)42-24-13-25-44-48(42)43-29-33-18-7-8-19-34(33)30-45(43)49-44/h1-30H/i1D,2D,3D,4D,5D,6D,7D,8D,13D,14D,15D,16D,17D,18D,19D,24D,25D,29D,30D. The Labute approximate surface area is 311 Å². The summed E-state index contributed by atoms with van der Waals surface area (Å²) in [7, 11) is 0. The van der Waals surface area contributed by atoms with Crippen LogP contribution in [-0.2, 0) is 0 Å². The zero-order valence-electron chi connectivity index (χ0n) is 44.3. The summed E-state index contributed by atoms with van der Waals surface area (Å²) in [5.41, 5.74) is 0.358. The van der Waals surface area contributed by atoms with E-state index in [4.69, 9.17) is 26.3 Å². The van der Waals surface area contributed by atoms with Gasteiger partial charge in [-0.2, -0.15) is 0 Å². The Morgan fingerprint density at radius 3 is 1.49 bits per heavy atom. The molecule has 0 fully saturated rings. The molecule has 0 saturated heterocycles. The van der Waals surface area contributed by atoms with E-state index in [1.165, 1.54) is 6.07 Å². The van der Waals surface area contributed by atoms with E-state index < -0.39 is 115 Å². The van der Waals surface area contributed by atoms with Gasteiger partial charge in [-0.15, -0.1) is 0 Å². The van der Waals surface area contributed by atoms with Crippen LogP contribution >= 0.6 is 0 Å². The van der Waals surface area contributed by atoms with Crippen molar-refractivity contribution in [1.29, 1.82) is 0 Å². The van der Waals surface area contributed by atoms with Crippen LogP contribution < -0.4 is 0 Å². The summed E-state index contributed by atoms with van der Waals surface area (Å²) < 4.78 is 173. The number of hydrogen-bond donors (Lipinski definition) is 0. The third kappa shape index (κ3) is 4.47. The smallest absolute Gasteiger partial charge is 0.136 e. The molecular weight excluding hydrogens is 593 g/mol. The minimum atomic E-state index is -0.630. The Balaban J connectivity index is 1.39. The van der Waals surface area contributed by atoms with Crippen LogP contribution in [0.2, 0.25) is 0 Å². The second kappa shape index (κ2) is 11.1. The van der Waals surface area contributed by atoms with Crippen molar-refractivity contribution in [2.24, 2.45) is 0 Å². The topological polar surface area (TPSA) is 13.1 Å². The average molecular weight is 642 g/mol. The van der Waals surface area contributed by atoms with Gasteiger partial charge in [0.1, 0.15) is 11.2 Å². The van der Waals surface area contributed by atoms with Gasteiger partial charge in [0.05, 0.1) is 26.0 Å². The van der Waals surface area contributed by atoms with Gasteiger partial charge in [0.15, 0.2) is 0 Å². The maximum absolute atomic E-state index is 9.55. The molecule has 0 spiro atoms. The highest BCUT2D eigenvalue weighted by molar-refractivity contribution is 6.26. The van der Waals surface area contributed by atoms with Crippen molar-refractivity contribution in [3.8, 4) is 44.5 Å². The molecule has 10 rings (SSSR count). The van der Waals surface area contributed by atoms with Crippen molar-refractivity contribution in [1.82, 2.24) is 0 Å². The van der Waals surface area contributed by atoms with Crippen LogP contribution in [0, 0.1) is 0 Å². The first-order valence-electron chi connectivity index (χ1n) is 24.8. The fourth-order valence-corrected chi connectivity index (χ4v) is 6.66. The molecular formula is C48H30O. The van der Waals surface area contributed by atoms with Crippen LogP contribution in [0.1, 0.15) is 26.0 Å². The van der Waals surface area contributed by atoms with E-state index in [0.717, 1.165) is 0 Å². The van der Waals surface area contributed by atoms with Crippen molar-refractivity contribution < 1.29 is 30.5 Å². The molecule has 1 heteroatoms. The fraction of sp³-hybridized carbons (Fsp3) is 0. The van der Waals surface area contributed by atoms with Gasteiger partial charge in [-0.05, 0) is 113 Å². The van der Waals surface area contributed by atoms with Gasteiger partial charge in [-0.3, -0.25) is 0 Å². The van der Waals surface area contributed by atoms with Gasteiger partial charge >= 0.3 is 0 Å². The van der Waals surface area contributed by atoms with Crippen LogP contribution in [0.3, 0.4) is 0 Å². The van der Waals surface area contributed by atoms with Crippen LogP contribution in [-0.4, -0.2) is 0 Å². The third-order valence-electron chi connectivity index (χ3n) is 8.68. The highest BCUT2D eigenvalue weighted by Crippen LogP contribution is 2.48. The summed E-state index contributed by atoms with van der Waals surface area (Å²) in [6, 6.07) is 7.82. The van der Waals surface area contributed by atoms with Crippen molar-refractivity contribution in [3.05, 3.63) is 182 Å². The van der Waals surface area contributed by atoms with E-state index >= 15 is 0 Å². The Kier molecular flexibility index (Phi) is 3.34. The lowest BCUT2D eigenvalue weighted by Crippen LogP contribution is -1.92. The van der Waals surface area contributed by atoms with E-state index in [0.29, 0.717) is 38.2 Å². The maximum Gasteiger partial charge on any atom is 0.136 e. The molecule has 1 heterocycles. The van der Waals surface area contributed by atoms with E-state index in [2.05, 4.69) is 0 Å². The SMILES string of the molecule is [2H]c1c([2H])c([2H])c(-c2cc(-c3c([2H])c([2H])c([2H])c([2H])c3[2H])cc(-c3c4ccccc4c(-c4c([2H])c([2H])c([2H])c5oc6c([2H])c7c([2H])c([2H])c([2H])c([2H])c7c([2H])c6c45)c4ccccc34)c2)c([2H])c1[2H]. The molecule has 0 radical (unpaired) electrons. The molecule has 0 amide bonds. The van der Waals surface area contributed by atoms with Crippen molar-refractivity contribution in [3.63, 3.8) is 0 Å². The second-order valence-corrected chi connectivity index (χ2v) is 11.4. The van der Waals surface area contributed by atoms with Crippen LogP contribution in [0.5, 0.6) is 0 Å². The molecule has 228 valence electrons. The lowest BCUT2D eigenvalue weighted by atomic mass is 9.83. The van der Waals surface area contributed by atoms with E-state index in [9.17, 15) is 4.11 Å². The molecule has 0 unspecified atom stereocenters. The van der Waals surface area contributed by atoms with Gasteiger partial charge in [0.25, 0.3) is 0 Å². The highest BCUT2D eigenvalue weighted by atomic mass is 16.3. The predicted molar refractivity (Wildman–Crippen MR) is 208 cm³/mol. The molecule has 0 N–H and O–H groups in total. The molecule has 0 aliphatic heterocycles. The molecule has 1 nitrogen and oxygen atoms in total. The van der Waals surface area contributed by atoms with E-state index in [1.807, 2.05) is 0 Å². The van der Waals surface area contributed by atoms with Gasteiger partial charge in [0.2, 0.25) is 0 Å². The molecule has 0 saturated carbocycles. The molecule has 10 aromatic rings. The highest BCUT2D eigenvalue weighted by Gasteiger charge is 2.21. The number of hydrogen-bond acceptors (Lipinski definition) is 1. The first kappa shape index (κ1) is 14.8. The Hall–Kier alpha value is -6.44. The summed E-state index contributed by atoms with van der Waals surface area (Å²) in [4.78, 5) is 0. The number of furan rings is 1. The van der Waals surface area contributed by atoms with Crippen molar-refractivity contribution >= 4 is 54.3 Å². The summed E-state index contributed by atoms with van der Waals surface area (Å²) in [6.07, 6.45) is 0. The fourth-order valence-electron chi connectivity index (χ4n) is 6.66. The normalized spacial score (nSPS) is 17.1. The van der Waals surface area contributed by atoms with Gasteiger partial charge < -0.3 is 4.42 Å². The van der Waals surface area contributed by atoms with E-state index in [1.54, 1.807) is 60.7 Å². The Bertz CT molecular complexity index is 3770. The second-order valence-electron chi connectivity index (χ2n) is 11.4. The molecule has 49 heavy (non-hydrogen) atoms. The zero-order chi connectivity index (χ0) is 48.8. The molecule has 9 aromatic carbocycles. The van der Waals surface area contributed by atoms with E-state index in [-0.39, 0.29) is 60.5 Å². The van der Waals surface area contributed by atoms with Gasteiger partial charge in [-0.25, -0.2) is 0 Å². The maximum atomic E-state index is 9.55. The lowest BCUT2D eigenvalue weighted by molar-refractivity contribution is 0.669. The quantitative estimate of drug-likeness (QED) is 0.174. The minimum Gasteiger partial charge on any atom is -0.456 e. The Morgan fingerprint density at radius 1 is 0.388 bits per heavy atom. The summed E-state index contributed by atoms with van der Waals surface area (Å²) in [5, 5.41) is 1.21. The van der Waals surface area contributed by atoms with Crippen molar-refractivity contribution in [2.75, 3.05) is 0 Å². The summed E-state index contributed by atoms with van der Waals surface area (Å²) in [5.74, 6) is 0. The molecule has 1 aromatic heterocycles. The molecule has 0 aliphatic rings. The predicted octanol–water partition coefficient (Wildman–Crippen LogP) is 13.7. The molecule has 0 bridgehead atoms. The van der Waals surface area contributed by atoms with Crippen molar-refractivity contribution in [2.45, 2.75) is 0 Å². The number of benzene rings is 9. The summed E-state index contributed by atoms with van der Waals surface area (Å²) >= 11 is 0. The average Bonchev–Trinajstić information content (AvgIpc) is 3.74. The van der Waals surface area contributed by atoms with Crippen LogP contribution in [0.25, 0.3) is 98.8 Å². The summed E-state index contributed by atoms with van der Waals surface area (Å²) in [6.45, 7) is 0. The van der Waals surface area contributed by atoms with Crippen LogP contribution in [0.15, 0.2) is 186 Å². The number of rotatable bonds is 4. The first-order valence-corrected chi connectivity index (χ1v) is 15.3. The lowest BCUT2D eigenvalue weighted by Gasteiger charge is -2.19.